The molecule has 2 rings (SSSR count). The number of nitrogens with zero attached hydrogens (tertiary/aromatic N) is 3. The fourth-order valence-electron chi connectivity index (χ4n) is 2.23. The molecule has 1 fully saturated rings. The minimum atomic E-state index is -0.281. The van der Waals surface area contributed by atoms with Crippen LogP contribution in [0.2, 0.25) is 0 Å². The van der Waals surface area contributed by atoms with Gasteiger partial charge in [0.15, 0.2) is 0 Å². The molecule has 0 spiro atoms. The van der Waals surface area contributed by atoms with Gasteiger partial charge in [0.1, 0.15) is 5.56 Å². The minimum absolute atomic E-state index is 0.179. The highest BCUT2D eigenvalue weighted by molar-refractivity contribution is 5.94. The summed E-state index contributed by atoms with van der Waals surface area (Å²) in [5.41, 5.74) is 0.658. The van der Waals surface area contributed by atoms with Crippen molar-refractivity contribution in [3.8, 4) is 0 Å². The third-order valence-corrected chi connectivity index (χ3v) is 3.17. The molecule has 1 aromatic heterocycles. The molecule has 0 aromatic carbocycles. The first-order valence-corrected chi connectivity index (χ1v) is 6.72. The maximum absolute atomic E-state index is 12.4. The van der Waals surface area contributed by atoms with E-state index in [1.807, 2.05) is 6.92 Å². The van der Waals surface area contributed by atoms with Crippen LogP contribution in [0.4, 0.5) is 0 Å². The third kappa shape index (κ3) is 3.01. The van der Waals surface area contributed by atoms with Gasteiger partial charge in [-0.25, -0.2) is 4.68 Å². The smallest absolute Gasteiger partial charge is 0.279 e. The quantitative estimate of drug-likeness (QED) is 0.835. The second-order valence-electron chi connectivity index (χ2n) is 4.77. The standard InChI is InChI=1S/C13H20N4O2/c1-3-6-17-13(19)11(9-10(2)15-17)12(18)16-7-4-14-5-8-16/h9,14H,3-8H2,1-2H3. The summed E-state index contributed by atoms with van der Waals surface area (Å²) in [7, 11) is 0. The number of aromatic nitrogens is 2. The Hall–Kier alpha value is -1.69. The summed E-state index contributed by atoms with van der Waals surface area (Å²) < 4.78 is 1.39. The van der Waals surface area contributed by atoms with Crippen LogP contribution in [0.25, 0.3) is 0 Å². The van der Waals surface area contributed by atoms with Gasteiger partial charge in [-0.1, -0.05) is 6.92 Å². The van der Waals surface area contributed by atoms with E-state index in [1.165, 1.54) is 4.68 Å². The summed E-state index contributed by atoms with van der Waals surface area (Å²) in [6.45, 7) is 7.18. The fourth-order valence-corrected chi connectivity index (χ4v) is 2.23. The maximum atomic E-state index is 12.4. The number of piperazine rings is 1. The molecule has 6 nitrogen and oxygen atoms in total. The predicted octanol–water partition coefficient (Wildman–Crippen LogP) is 0.00712. The first kappa shape index (κ1) is 13.7. The Balaban J connectivity index is 2.32. The number of hydrogen-bond acceptors (Lipinski definition) is 4. The Morgan fingerprint density at radius 2 is 2.11 bits per heavy atom. The number of rotatable bonds is 3. The zero-order valence-corrected chi connectivity index (χ0v) is 11.5. The zero-order chi connectivity index (χ0) is 13.8. The van der Waals surface area contributed by atoms with Crippen molar-refractivity contribution in [3.63, 3.8) is 0 Å². The predicted molar refractivity (Wildman–Crippen MR) is 72.3 cm³/mol. The van der Waals surface area contributed by atoms with Crippen molar-refractivity contribution in [2.75, 3.05) is 26.2 Å². The van der Waals surface area contributed by atoms with Gasteiger partial charge in [-0.15, -0.1) is 0 Å². The average molecular weight is 264 g/mol. The molecule has 0 bridgehead atoms. The van der Waals surface area contributed by atoms with E-state index in [1.54, 1.807) is 17.9 Å². The van der Waals surface area contributed by atoms with Crippen LogP contribution in [-0.4, -0.2) is 46.8 Å². The molecular formula is C13H20N4O2. The van der Waals surface area contributed by atoms with Gasteiger partial charge in [-0.3, -0.25) is 9.59 Å². The van der Waals surface area contributed by atoms with E-state index in [0.717, 1.165) is 19.5 Å². The summed E-state index contributed by atoms with van der Waals surface area (Å²) >= 11 is 0. The van der Waals surface area contributed by atoms with Crippen LogP contribution in [0.15, 0.2) is 10.9 Å². The van der Waals surface area contributed by atoms with Crippen molar-refractivity contribution < 1.29 is 4.79 Å². The second-order valence-corrected chi connectivity index (χ2v) is 4.77. The zero-order valence-electron chi connectivity index (χ0n) is 11.5. The molecule has 2 heterocycles. The molecule has 6 heteroatoms. The summed E-state index contributed by atoms with van der Waals surface area (Å²) in [5.74, 6) is -0.179. The summed E-state index contributed by atoms with van der Waals surface area (Å²) in [6.07, 6.45) is 0.817. The molecule has 0 aliphatic carbocycles. The van der Waals surface area contributed by atoms with Gasteiger partial charge in [-0.2, -0.15) is 5.10 Å². The molecule has 1 amide bonds. The summed E-state index contributed by atoms with van der Waals surface area (Å²) in [6, 6.07) is 1.60. The van der Waals surface area contributed by atoms with E-state index in [9.17, 15) is 9.59 Å². The first-order chi connectivity index (χ1) is 9.13. The van der Waals surface area contributed by atoms with Crippen LogP contribution in [-0.2, 0) is 6.54 Å². The lowest BCUT2D eigenvalue weighted by Gasteiger charge is -2.27. The van der Waals surface area contributed by atoms with Crippen molar-refractivity contribution in [3.05, 3.63) is 27.7 Å². The van der Waals surface area contributed by atoms with E-state index in [0.29, 0.717) is 25.3 Å². The van der Waals surface area contributed by atoms with Gasteiger partial charge in [0.05, 0.1) is 5.69 Å². The highest BCUT2D eigenvalue weighted by Crippen LogP contribution is 2.03. The number of amides is 1. The van der Waals surface area contributed by atoms with Gasteiger partial charge < -0.3 is 10.2 Å². The van der Waals surface area contributed by atoms with Crippen LogP contribution in [0.1, 0.15) is 29.4 Å². The van der Waals surface area contributed by atoms with Crippen LogP contribution in [0.5, 0.6) is 0 Å². The van der Waals surface area contributed by atoms with Crippen molar-refractivity contribution >= 4 is 5.91 Å². The molecule has 1 saturated heterocycles. The molecule has 0 atom stereocenters. The highest BCUT2D eigenvalue weighted by Gasteiger charge is 2.21. The monoisotopic (exact) mass is 264 g/mol. The third-order valence-electron chi connectivity index (χ3n) is 3.17. The molecule has 0 saturated carbocycles. The lowest BCUT2D eigenvalue weighted by molar-refractivity contribution is 0.0732. The van der Waals surface area contributed by atoms with E-state index in [2.05, 4.69) is 10.4 Å². The highest BCUT2D eigenvalue weighted by atomic mass is 16.2. The molecule has 1 aromatic rings. The molecule has 1 N–H and O–H groups in total. The van der Waals surface area contributed by atoms with Gasteiger partial charge in [0.25, 0.3) is 11.5 Å². The number of nitrogens with one attached hydrogen (secondary N) is 1. The summed E-state index contributed by atoms with van der Waals surface area (Å²) in [5, 5.41) is 7.36. The van der Waals surface area contributed by atoms with E-state index in [-0.39, 0.29) is 17.0 Å². The van der Waals surface area contributed by atoms with Gasteiger partial charge in [-0.05, 0) is 19.4 Å². The second kappa shape index (κ2) is 5.97. The maximum Gasteiger partial charge on any atom is 0.279 e. The molecule has 1 aliphatic rings. The average Bonchev–Trinajstić information content (AvgIpc) is 2.43. The van der Waals surface area contributed by atoms with Crippen molar-refractivity contribution in [2.45, 2.75) is 26.8 Å². The van der Waals surface area contributed by atoms with Gasteiger partial charge in [0.2, 0.25) is 0 Å². The minimum Gasteiger partial charge on any atom is -0.336 e. The Labute approximate surface area is 112 Å². The Kier molecular flexibility index (Phi) is 4.31. The van der Waals surface area contributed by atoms with E-state index in [4.69, 9.17) is 0 Å². The number of carbonyl (C=O) groups excluding carboxylic acids is 1. The molecule has 0 radical (unpaired) electrons. The SMILES string of the molecule is CCCn1nc(C)cc(C(=O)N2CCNCC2)c1=O. The van der Waals surface area contributed by atoms with Crippen LogP contribution in [0.3, 0.4) is 0 Å². The van der Waals surface area contributed by atoms with Crippen molar-refractivity contribution in [2.24, 2.45) is 0 Å². The Morgan fingerprint density at radius 3 is 2.74 bits per heavy atom. The first-order valence-electron chi connectivity index (χ1n) is 6.72. The Morgan fingerprint density at radius 1 is 1.42 bits per heavy atom. The normalized spacial score (nSPS) is 15.6. The van der Waals surface area contributed by atoms with Crippen molar-refractivity contribution in [1.29, 1.82) is 0 Å². The number of aryl methyl sites for hydroxylation is 2. The fraction of sp³-hybridized carbons (Fsp3) is 0.615. The van der Waals surface area contributed by atoms with Crippen molar-refractivity contribution in [1.82, 2.24) is 20.0 Å². The lowest BCUT2D eigenvalue weighted by Crippen LogP contribution is -2.48. The van der Waals surface area contributed by atoms with Crippen LogP contribution < -0.4 is 10.9 Å². The molecular weight excluding hydrogens is 244 g/mol. The number of hydrogen-bond donors (Lipinski definition) is 1. The summed E-state index contributed by atoms with van der Waals surface area (Å²) in [4.78, 5) is 26.3. The van der Waals surface area contributed by atoms with Crippen LogP contribution in [0, 0.1) is 6.92 Å². The largest absolute Gasteiger partial charge is 0.336 e. The van der Waals surface area contributed by atoms with E-state index < -0.39 is 0 Å². The Bertz CT molecular complexity index is 518. The molecule has 104 valence electrons. The molecule has 0 unspecified atom stereocenters. The van der Waals surface area contributed by atoms with Gasteiger partial charge >= 0.3 is 0 Å². The molecule has 19 heavy (non-hydrogen) atoms. The lowest BCUT2D eigenvalue weighted by atomic mass is 10.2. The topological polar surface area (TPSA) is 67.2 Å². The van der Waals surface area contributed by atoms with Crippen LogP contribution >= 0.6 is 0 Å². The molecule has 1 aliphatic heterocycles. The van der Waals surface area contributed by atoms with E-state index >= 15 is 0 Å². The van der Waals surface area contributed by atoms with Gasteiger partial charge in [0, 0.05) is 32.7 Å². The number of carbonyl (C=O) groups is 1.